The number of carbonyl (C=O) groups is 2. The number of hydrogen-bond donors (Lipinski definition) is 0. The van der Waals surface area contributed by atoms with Gasteiger partial charge in [0.1, 0.15) is 6.54 Å². The van der Waals surface area contributed by atoms with Gasteiger partial charge in [0.2, 0.25) is 0 Å². The summed E-state index contributed by atoms with van der Waals surface area (Å²) in [7, 11) is 1.36. The molecule has 0 unspecified atom stereocenters. The molecular formula is C17H19NO3. The molecule has 2 saturated carbocycles. The zero-order valence-corrected chi connectivity index (χ0v) is 12.2. The maximum Gasteiger partial charge on any atom is 0.325 e. The first-order valence-corrected chi connectivity index (χ1v) is 7.63. The molecule has 1 amide bonds. The second-order valence-corrected chi connectivity index (χ2v) is 6.60. The number of fused-ring (bicyclic) bond motifs is 2. The van der Waals surface area contributed by atoms with Crippen molar-refractivity contribution < 1.29 is 14.3 Å². The van der Waals surface area contributed by atoms with Crippen LogP contribution in [0.3, 0.4) is 0 Å². The molecule has 0 atom stereocenters. The third-order valence-electron chi connectivity index (χ3n) is 5.08. The fourth-order valence-electron chi connectivity index (χ4n) is 3.48. The number of ether oxygens (including phenoxy) is 1. The summed E-state index contributed by atoms with van der Waals surface area (Å²) in [6, 6.07) is 6.31. The minimum absolute atomic E-state index is 0.0322. The lowest BCUT2D eigenvalue weighted by molar-refractivity contribution is -0.141. The zero-order valence-electron chi connectivity index (χ0n) is 12.2. The Labute approximate surface area is 124 Å². The normalized spacial score (nSPS) is 22.1. The second kappa shape index (κ2) is 4.33. The van der Waals surface area contributed by atoms with E-state index in [4.69, 9.17) is 4.74 Å². The maximum atomic E-state index is 12.6. The van der Waals surface area contributed by atoms with Crippen molar-refractivity contribution in [2.45, 2.75) is 37.0 Å². The predicted octanol–water partition coefficient (Wildman–Crippen LogP) is 2.22. The summed E-state index contributed by atoms with van der Waals surface area (Å²) < 4.78 is 4.70. The van der Waals surface area contributed by atoms with Crippen LogP contribution in [0.4, 0.5) is 0 Å². The van der Waals surface area contributed by atoms with E-state index in [1.54, 1.807) is 4.90 Å². The minimum atomic E-state index is -0.350. The summed E-state index contributed by atoms with van der Waals surface area (Å²) >= 11 is 0. The molecule has 3 aliphatic rings. The van der Waals surface area contributed by atoms with Gasteiger partial charge in [0.05, 0.1) is 7.11 Å². The standard InChI is InChI=1S/C17H19NO3/c1-21-15(19)9-18-10-17(6-7-17)14-8-12(11-2-3-11)4-5-13(14)16(18)20/h4-5,8,11H,2-3,6-7,9-10H2,1H3. The second-order valence-electron chi connectivity index (χ2n) is 6.60. The van der Waals surface area contributed by atoms with Gasteiger partial charge in [-0.05, 0) is 48.8 Å². The highest BCUT2D eigenvalue weighted by atomic mass is 16.5. The van der Waals surface area contributed by atoms with Crippen molar-refractivity contribution in [1.82, 2.24) is 4.90 Å². The summed E-state index contributed by atoms with van der Waals surface area (Å²) in [6.45, 7) is 0.711. The molecule has 2 aliphatic carbocycles. The van der Waals surface area contributed by atoms with Crippen molar-refractivity contribution in [2.75, 3.05) is 20.2 Å². The number of esters is 1. The lowest BCUT2D eigenvalue weighted by atomic mass is 9.84. The Morgan fingerprint density at radius 3 is 2.76 bits per heavy atom. The zero-order chi connectivity index (χ0) is 14.6. The van der Waals surface area contributed by atoms with Gasteiger partial charge in [-0.25, -0.2) is 0 Å². The smallest absolute Gasteiger partial charge is 0.325 e. The van der Waals surface area contributed by atoms with E-state index in [1.807, 2.05) is 6.07 Å². The number of carbonyl (C=O) groups excluding carboxylic acids is 2. The summed E-state index contributed by atoms with van der Waals surface area (Å²) in [4.78, 5) is 25.8. The largest absolute Gasteiger partial charge is 0.468 e. The van der Waals surface area contributed by atoms with Crippen LogP contribution >= 0.6 is 0 Å². The Morgan fingerprint density at radius 2 is 2.14 bits per heavy atom. The average molecular weight is 285 g/mol. The third-order valence-corrected chi connectivity index (χ3v) is 5.08. The van der Waals surface area contributed by atoms with E-state index in [1.165, 1.54) is 31.1 Å². The van der Waals surface area contributed by atoms with Gasteiger partial charge in [-0.3, -0.25) is 9.59 Å². The maximum absolute atomic E-state index is 12.6. The first kappa shape index (κ1) is 12.9. The molecular weight excluding hydrogens is 266 g/mol. The Kier molecular flexibility index (Phi) is 2.65. The van der Waals surface area contributed by atoms with Crippen molar-refractivity contribution >= 4 is 11.9 Å². The average Bonchev–Trinajstić information content (AvgIpc) is 3.38. The van der Waals surface area contributed by atoms with Crippen molar-refractivity contribution in [3.63, 3.8) is 0 Å². The highest BCUT2D eigenvalue weighted by Gasteiger charge is 2.51. The molecule has 4 nitrogen and oxygen atoms in total. The Morgan fingerprint density at radius 1 is 1.38 bits per heavy atom. The van der Waals surface area contributed by atoms with Gasteiger partial charge in [0, 0.05) is 17.5 Å². The van der Waals surface area contributed by atoms with Crippen LogP contribution in [0.25, 0.3) is 0 Å². The number of benzene rings is 1. The van der Waals surface area contributed by atoms with Gasteiger partial charge in [0.25, 0.3) is 5.91 Å². The monoisotopic (exact) mass is 285 g/mol. The minimum Gasteiger partial charge on any atom is -0.468 e. The van der Waals surface area contributed by atoms with Crippen LogP contribution in [0.5, 0.6) is 0 Å². The van der Waals surface area contributed by atoms with E-state index in [2.05, 4.69) is 12.1 Å². The third kappa shape index (κ3) is 2.04. The van der Waals surface area contributed by atoms with Crippen LogP contribution < -0.4 is 0 Å². The van der Waals surface area contributed by atoms with E-state index in [9.17, 15) is 9.59 Å². The first-order chi connectivity index (χ1) is 10.1. The molecule has 21 heavy (non-hydrogen) atoms. The molecule has 4 rings (SSSR count). The van der Waals surface area contributed by atoms with Gasteiger partial charge in [-0.1, -0.05) is 12.1 Å². The molecule has 0 N–H and O–H groups in total. The van der Waals surface area contributed by atoms with Crippen LogP contribution in [0, 0.1) is 0 Å². The van der Waals surface area contributed by atoms with E-state index >= 15 is 0 Å². The highest BCUT2D eigenvalue weighted by molar-refractivity contribution is 5.99. The molecule has 1 spiro atoms. The van der Waals surface area contributed by atoms with Gasteiger partial charge >= 0.3 is 5.97 Å². The lowest BCUT2D eigenvalue weighted by Gasteiger charge is -2.34. The lowest BCUT2D eigenvalue weighted by Crippen LogP contribution is -2.46. The van der Waals surface area contributed by atoms with Gasteiger partial charge in [0.15, 0.2) is 0 Å². The van der Waals surface area contributed by atoms with Gasteiger partial charge < -0.3 is 9.64 Å². The Hall–Kier alpha value is -1.84. The molecule has 1 aromatic rings. The van der Waals surface area contributed by atoms with Crippen LogP contribution in [0.2, 0.25) is 0 Å². The predicted molar refractivity (Wildman–Crippen MR) is 77.2 cm³/mol. The molecule has 4 heteroatoms. The Bertz CT molecular complexity index is 629. The molecule has 2 fully saturated rings. The fraction of sp³-hybridized carbons (Fsp3) is 0.529. The highest BCUT2D eigenvalue weighted by Crippen LogP contribution is 2.53. The van der Waals surface area contributed by atoms with Crippen LogP contribution in [0.15, 0.2) is 18.2 Å². The molecule has 110 valence electrons. The number of rotatable bonds is 3. The van der Waals surface area contributed by atoms with Gasteiger partial charge in [-0.15, -0.1) is 0 Å². The first-order valence-electron chi connectivity index (χ1n) is 7.63. The number of amides is 1. The van der Waals surface area contributed by atoms with E-state index in [-0.39, 0.29) is 23.8 Å². The van der Waals surface area contributed by atoms with Crippen molar-refractivity contribution in [1.29, 1.82) is 0 Å². The van der Waals surface area contributed by atoms with Crippen molar-refractivity contribution in [3.8, 4) is 0 Å². The molecule has 1 aromatic carbocycles. The SMILES string of the molecule is COC(=O)CN1CC2(CC2)c2cc(C3CC3)ccc2C1=O. The molecule has 0 bridgehead atoms. The van der Waals surface area contributed by atoms with E-state index in [0.29, 0.717) is 12.5 Å². The molecule has 1 aliphatic heterocycles. The van der Waals surface area contributed by atoms with Crippen molar-refractivity contribution in [3.05, 3.63) is 34.9 Å². The molecule has 1 heterocycles. The van der Waals surface area contributed by atoms with Crippen LogP contribution in [-0.2, 0) is 14.9 Å². The number of nitrogens with zero attached hydrogens (tertiary/aromatic N) is 1. The Balaban J connectivity index is 1.70. The van der Waals surface area contributed by atoms with E-state index in [0.717, 1.165) is 18.4 Å². The fourth-order valence-corrected chi connectivity index (χ4v) is 3.48. The topological polar surface area (TPSA) is 46.6 Å². The van der Waals surface area contributed by atoms with Crippen LogP contribution in [0.1, 0.15) is 53.1 Å². The summed E-state index contributed by atoms with van der Waals surface area (Å²) in [6.07, 6.45) is 4.76. The molecule has 0 radical (unpaired) electrons. The van der Waals surface area contributed by atoms with Gasteiger partial charge in [-0.2, -0.15) is 0 Å². The summed E-state index contributed by atoms with van der Waals surface area (Å²) in [5, 5.41) is 0. The molecule has 0 aromatic heterocycles. The van der Waals surface area contributed by atoms with Crippen LogP contribution in [-0.4, -0.2) is 37.0 Å². The van der Waals surface area contributed by atoms with Crippen molar-refractivity contribution in [2.24, 2.45) is 0 Å². The quantitative estimate of drug-likeness (QED) is 0.800. The number of hydrogen-bond acceptors (Lipinski definition) is 3. The number of methoxy groups -OCH3 is 1. The van der Waals surface area contributed by atoms with E-state index < -0.39 is 0 Å². The summed E-state index contributed by atoms with van der Waals surface area (Å²) in [5.74, 6) is 0.321. The summed E-state index contributed by atoms with van der Waals surface area (Å²) in [5.41, 5.74) is 3.49. The molecule has 0 saturated heterocycles.